The largest absolute Gasteiger partial charge is 0.457 e. The van der Waals surface area contributed by atoms with Crippen molar-refractivity contribution < 1.29 is 13.0 Å². The van der Waals surface area contributed by atoms with Gasteiger partial charge in [0.25, 0.3) is 0 Å². The molecule has 3 nitrogen and oxygen atoms in total. The number of rotatable bonds is 8. The van der Waals surface area contributed by atoms with E-state index in [-0.39, 0.29) is 5.91 Å². The third kappa shape index (κ3) is 7.53. The molecule has 8 heteroatoms. The van der Waals surface area contributed by atoms with Crippen molar-refractivity contribution in [2.24, 2.45) is 0 Å². The van der Waals surface area contributed by atoms with Crippen LogP contribution < -0.4 is 0 Å². The molecule has 0 bridgehead atoms. The van der Waals surface area contributed by atoms with E-state index in [1.807, 2.05) is 0 Å². The fourth-order valence-corrected chi connectivity index (χ4v) is 12.6. The summed E-state index contributed by atoms with van der Waals surface area (Å²) in [5, 5.41) is 0. The van der Waals surface area contributed by atoms with E-state index in [9.17, 15) is 0 Å². The van der Waals surface area contributed by atoms with Crippen LogP contribution in [0.3, 0.4) is 0 Å². The highest BCUT2D eigenvalue weighted by atomic mass is 28.4. The van der Waals surface area contributed by atoms with Crippen molar-refractivity contribution in [1.29, 1.82) is 0 Å². The quantitative estimate of drug-likeness (QED) is 0.492. The van der Waals surface area contributed by atoms with Gasteiger partial charge in [-0.3, -0.25) is 0 Å². The molecule has 0 amide bonds. The molecule has 1 unspecified atom stereocenters. The Morgan fingerprint density at radius 1 is 0.944 bits per heavy atom. The van der Waals surface area contributed by atoms with Gasteiger partial charge in [0.15, 0.2) is 16.6 Å². The van der Waals surface area contributed by atoms with Gasteiger partial charge in [-0.25, -0.2) is 0 Å². The van der Waals surface area contributed by atoms with Crippen LogP contribution in [0.15, 0.2) is 0 Å². The lowest BCUT2D eigenvalue weighted by atomic mass is 11.5. The van der Waals surface area contributed by atoms with Crippen LogP contribution in [0.1, 0.15) is 0 Å². The van der Waals surface area contributed by atoms with E-state index >= 15 is 0 Å². The molecule has 0 aliphatic heterocycles. The second kappa shape index (κ2) is 7.11. The molecule has 0 saturated carbocycles. The molecule has 0 fully saturated rings. The Bertz CT molecular complexity index is 235. The lowest BCUT2D eigenvalue weighted by Gasteiger charge is -2.40. The second-order valence-electron chi connectivity index (χ2n) is 6.58. The van der Waals surface area contributed by atoms with Crippen molar-refractivity contribution in [3.63, 3.8) is 0 Å². The third-order valence-corrected chi connectivity index (χ3v) is 13.3. The van der Waals surface area contributed by atoms with Crippen LogP contribution in [0.2, 0.25) is 52.4 Å². The summed E-state index contributed by atoms with van der Waals surface area (Å²) in [5.41, 5.74) is 3.51. The molecule has 2 radical (unpaired) electrons. The van der Waals surface area contributed by atoms with Gasteiger partial charge in [0.05, 0.1) is 0 Å². The van der Waals surface area contributed by atoms with Gasteiger partial charge in [-0.2, -0.15) is 0 Å². The smallest absolute Gasteiger partial charge is 0.239 e. The van der Waals surface area contributed by atoms with Crippen molar-refractivity contribution in [1.82, 2.24) is 0 Å². The highest BCUT2D eigenvalue weighted by molar-refractivity contribution is 6.87. The van der Waals surface area contributed by atoms with E-state index in [2.05, 4.69) is 58.0 Å². The molecule has 0 heterocycles. The number of hydrogen-bond donors (Lipinski definition) is 0. The Morgan fingerprint density at radius 3 is 1.56 bits per heavy atom. The Morgan fingerprint density at radius 2 is 1.33 bits per heavy atom. The molecule has 0 aromatic rings. The standard InChI is InChI=1S/C10H30O3Si5/c1-15-13-18(8,9-14)10(11-16(2,3)4)12-17(5,6)7/h10H,15H2,1-8,14H3. The first kappa shape index (κ1) is 19.0. The summed E-state index contributed by atoms with van der Waals surface area (Å²) in [5.74, 6) is -0.152. The molecule has 0 rings (SSSR count). The monoisotopic (exact) mass is 338 g/mol. The molecular weight excluding hydrogens is 309 g/mol. The molecule has 0 aliphatic rings. The van der Waals surface area contributed by atoms with Crippen molar-refractivity contribution in [3.8, 4) is 0 Å². The molecule has 0 aromatic heterocycles. The summed E-state index contributed by atoms with van der Waals surface area (Å²) in [6, 6.07) is 0. The van der Waals surface area contributed by atoms with Crippen molar-refractivity contribution in [3.05, 3.63) is 5.67 Å². The molecule has 0 spiro atoms. The predicted molar refractivity (Wildman–Crippen MR) is 92.9 cm³/mol. The molecular formula is C10H30O3Si5. The lowest BCUT2D eigenvalue weighted by Crippen LogP contribution is -2.58. The molecule has 0 N–H and O–H groups in total. The van der Waals surface area contributed by atoms with Gasteiger partial charge < -0.3 is 13.0 Å². The number of hydrogen-bond acceptors (Lipinski definition) is 3. The van der Waals surface area contributed by atoms with Crippen LogP contribution in [0.4, 0.5) is 0 Å². The third-order valence-electron chi connectivity index (χ3n) is 2.31. The SMILES string of the molecule is C[SiH2]O[Si](C)([C][SiH3])C(O[Si](C)(C)C)O[Si](C)(C)C. The van der Waals surface area contributed by atoms with E-state index in [0.29, 0.717) is 0 Å². The fraction of sp³-hybridized carbons (Fsp3) is 0.900. The Kier molecular flexibility index (Phi) is 7.49. The van der Waals surface area contributed by atoms with Gasteiger partial charge in [-0.15, -0.1) is 0 Å². The summed E-state index contributed by atoms with van der Waals surface area (Å²) >= 11 is 0. The molecule has 1 atom stereocenters. The van der Waals surface area contributed by atoms with Crippen molar-refractivity contribution >= 4 is 45.0 Å². The van der Waals surface area contributed by atoms with E-state index in [1.165, 1.54) is 0 Å². The van der Waals surface area contributed by atoms with Gasteiger partial charge >= 0.3 is 0 Å². The van der Waals surface area contributed by atoms with Gasteiger partial charge in [0.1, 0.15) is 15.7 Å². The Balaban J connectivity index is 5.05. The first-order valence-corrected chi connectivity index (χ1v) is 18.9. The highest BCUT2D eigenvalue weighted by Gasteiger charge is 2.43. The Hall–Kier alpha value is 0.964. The first-order chi connectivity index (χ1) is 7.93. The zero-order valence-electron chi connectivity index (χ0n) is 13.5. The lowest BCUT2D eigenvalue weighted by molar-refractivity contribution is 0.0438. The summed E-state index contributed by atoms with van der Waals surface area (Å²) in [7, 11) is -4.88. The van der Waals surface area contributed by atoms with Crippen molar-refractivity contribution in [2.75, 3.05) is 0 Å². The molecule has 0 saturated heterocycles. The molecule has 0 aromatic carbocycles. The van der Waals surface area contributed by atoms with Gasteiger partial charge in [-0.1, -0.05) is 6.55 Å². The maximum absolute atomic E-state index is 6.29. The minimum atomic E-state index is -2.07. The summed E-state index contributed by atoms with van der Waals surface area (Å²) in [6.07, 6.45) is 0. The van der Waals surface area contributed by atoms with Gasteiger partial charge in [0.2, 0.25) is 8.32 Å². The summed E-state index contributed by atoms with van der Waals surface area (Å²) in [4.78, 5) is 0. The second-order valence-corrected chi connectivity index (χ2v) is 21.9. The van der Waals surface area contributed by atoms with Gasteiger partial charge in [0, 0.05) is 10.2 Å². The van der Waals surface area contributed by atoms with E-state index in [0.717, 1.165) is 10.2 Å². The van der Waals surface area contributed by atoms with E-state index in [1.54, 1.807) is 0 Å². The zero-order valence-corrected chi connectivity index (χ0v) is 19.9. The minimum absolute atomic E-state index is 0.152. The maximum atomic E-state index is 6.29. The minimum Gasteiger partial charge on any atom is -0.457 e. The van der Waals surface area contributed by atoms with Crippen LogP contribution in [0.5, 0.6) is 0 Å². The highest BCUT2D eigenvalue weighted by Crippen LogP contribution is 2.24. The van der Waals surface area contributed by atoms with Crippen LogP contribution in [0, 0.1) is 5.67 Å². The maximum Gasteiger partial charge on any atom is 0.239 e. The normalized spacial score (nSPS) is 17.8. The molecule has 0 aliphatic carbocycles. The average Bonchev–Trinajstić information content (AvgIpc) is 2.12. The van der Waals surface area contributed by atoms with Crippen LogP contribution >= 0.6 is 0 Å². The van der Waals surface area contributed by atoms with Crippen LogP contribution in [-0.2, 0) is 13.0 Å². The average molecular weight is 339 g/mol. The fourth-order valence-electron chi connectivity index (χ4n) is 1.45. The zero-order chi connectivity index (χ0) is 14.6. The van der Waals surface area contributed by atoms with Crippen LogP contribution in [-0.4, -0.2) is 50.9 Å². The topological polar surface area (TPSA) is 27.7 Å². The molecule has 18 heavy (non-hydrogen) atoms. The van der Waals surface area contributed by atoms with E-state index in [4.69, 9.17) is 13.0 Å². The Labute approximate surface area is 122 Å². The summed E-state index contributed by atoms with van der Waals surface area (Å²) < 4.78 is 18.7. The first-order valence-electron chi connectivity index (χ1n) is 6.62. The van der Waals surface area contributed by atoms with Crippen LogP contribution in [0.25, 0.3) is 0 Å². The predicted octanol–water partition coefficient (Wildman–Crippen LogP) is 1.22. The summed E-state index contributed by atoms with van der Waals surface area (Å²) in [6.45, 7) is 17.6. The molecule has 108 valence electrons. The van der Waals surface area contributed by atoms with Gasteiger partial charge in [-0.05, 0) is 51.5 Å². The van der Waals surface area contributed by atoms with Crippen molar-refractivity contribution in [2.45, 2.75) is 58.3 Å². The van der Waals surface area contributed by atoms with E-state index < -0.39 is 34.7 Å².